The minimum Gasteiger partial charge on any atom is -0.328 e. The van der Waals surface area contributed by atoms with E-state index in [0.717, 1.165) is 0 Å². The number of carbonyl (C=O) groups is 1. The molecule has 0 aromatic heterocycles. The van der Waals surface area contributed by atoms with Crippen molar-refractivity contribution >= 4 is 34.0 Å². The second-order valence-electron chi connectivity index (χ2n) is 4.59. The Labute approximate surface area is 132 Å². The Morgan fingerprint density at radius 1 is 1.29 bits per heavy atom. The summed E-state index contributed by atoms with van der Waals surface area (Å²) >= 11 is 0. The molecule has 0 aliphatic heterocycles. The lowest BCUT2D eigenvalue weighted by molar-refractivity contribution is -0.115. The van der Waals surface area contributed by atoms with E-state index in [1.165, 1.54) is 12.1 Å². The number of rotatable bonds is 7. The quantitative estimate of drug-likeness (QED) is 0.702. The normalized spacial score (nSPS) is 12.3. The van der Waals surface area contributed by atoms with Gasteiger partial charge in [0.15, 0.2) is 0 Å². The maximum Gasteiger partial charge on any atom is 0.240 e. The number of carbonyl (C=O) groups excluding carboxylic acids is 1. The van der Waals surface area contributed by atoms with E-state index in [2.05, 4.69) is 10.0 Å². The van der Waals surface area contributed by atoms with E-state index in [9.17, 15) is 13.2 Å². The van der Waals surface area contributed by atoms with Gasteiger partial charge in [0, 0.05) is 24.7 Å². The van der Waals surface area contributed by atoms with Crippen molar-refractivity contribution in [3.8, 4) is 0 Å². The lowest BCUT2D eigenvalue weighted by Gasteiger charge is -2.09. The van der Waals surface area contributed by atoms with E-state index >= 15 is 0 Å². The summed E-state index contributed by atoms with van der Waals surface area (Å²) in [6.07, 6.45) is 0.947. The number of nitrogens with two attached hydrogens (primary N) is 1. The predicted octanol–water partition coefficient (Wildman–Crippen LogP) is 1.47. The van der Waals surface area contributed by atoms with Crippen LogP contribution in [0.3, 0.4) is 0 Å². The first-order valence-corrected chi connectivity index (χ1v) is 7.98. The summed E-state index contributed by atoms with van der Waals surface area (Å²) in [6, 6.07) is 5.99. The molecule has 1 aromatic rings. The third-order valence-corrected chi connectivity index (χ3v) is 4.14. The molecule has 0 spiro atoms. The van der Waals surface area contributed by atoms with Crippen LogP contribution in [0.5, 0.6) is 0 Å². The molecule has 1 atom stereocenters. The molecule has 1 unspecified atom stereocenters. The molecular formula is C13H22ClN3O3S. The SMILES string of the molecule is CCC(=O)Nc1ccc(S(=O)(=O)NCCC(C)N)cc1.Cl. The molecule has 0 fully saturated rings. The summed E-state index contributed by atoms with van der Waals surface area (Å²) in [5.41, 5.74) is 6.14. The van der Waals surface area contributed by atoms with Crippen LogP contribution in [0.4, 0.5) is 5.69 Å². The first-order valence-electron chi connectivity index (χ1n) is 6.50. The maximum atomic E-state index is 12.0. The van der Waals surface area contributed by atoms with Gasteiger partial charge in [0.1, 0.15) is 0 Å². The molecule has 8 heteroatoms. The first-order chi connectivity index (χ1) is 9.35. The van der Waals surface area contributed by atoms with Crippen LogP contribution in [0, 0.1) is 0 Å². The Hall–Kier alpha value is -1.15. The zero-order valence-electron chi connectivity index (χ0n) is 12.1. The molecule has 0 bridgehead atoms. The van der Waals surface area contributed by atoms with Crippen molar-refractivity contribution < 1.29 is 13.2 Å². The van der Waals surface area contributed by atoms with Gasteiger partial charge in [-0.2, -0.15) is 0 Å². The van der Waals surface area contributed by atoms with Crippen LogP contribution in [0.15, 0.2) is 29.2 Å². The maximum absolute atomic E-state index is 12.0. The topological polar surface area (TPSA) is 101 Å². The second kappa shape index (κ2) is 8.99. The lowest BCUT2D eigenvalue weighted by atomic mass is 10.3. The number of anilines is 1. The highest BCUT2D eigenvalue weighted by Gasteiger charge is 2.13. The minimum absolute atomic E-state index is 0. The Bertz CT molecular complexity index is 544. The van der Waals surface area contributed by atoms with E-state index in [0.29, 0.717) is 25.1 Å². The summed E-state index contributed by atoms with van der Waals surface area (Å²) < 4.78 is 26.4. The molecule has 21 heavy (non-hydrogen) atoms. The first kappa shape index (κ1) is 19.9. The lowest BCUT2D eigenvalue weighted by Crippen LogP contribution is -2.29. The molecule has 6 nitrogen and oxygen atoms in total. The van der Waals surface area contributed by atoms with Gasteiger partial charge >= 0.3 is 0 Å². The summed E-state index contributed by atoms with van der Waals surface area (Å²) in [5.74, 6) is -0.115. The van der Waals surface area contributed by atoms with Gasteiger partial charge in [0.25, 0.3) is 0 Å². The molecule has 0 radical (unpaired) electrons. The molecule has 0 aliphatic rings. The summed E-state index contributed by atoms with van der Waals surface area (Å²) in [4.78, 5) is 11.4. The Morgan fingerprint density at radius 2 is 1.86 bits per heavy atom. The fourth-order valence-electron chi connectivity index (χ4n) is 1.47. The van der Waals surface area contributed by atoms with Gasteiger partial charge in [0.2, 0.25) is 15.9 Å². The predicted molar refractivity (Wildman–Crippen MR) is 86.1 cm³/mol. The number of hydrogen-bond donors (Lipinski definition) is 3. The number of benzene rings is 1. The number of sulfonamides is 1. The number of nitrogens with one attached hydrogen (secondary N) is 2. The van der Waals surface area contributed by atoms with Crippen LogP contribution in [0.25, 0.3) is 0 Å². The van der Waals surface area contributed by atoms with Crippen molar-refractivity contribution in [2.75, 3.05) is 11.9 Å². The monoisotopic (exact) mass is 335 g/mol. The third kappa shape index (κ3) is 6.90. The van der Waals surface area contributed by atoms with Crippen LogP contribution in [-0.2, 0) is 14.8 Å². The molecule has 0 saturated heterocycles. The number of hydrogen-bond acceptors (Lipinski definition) is 4. The second-order valence-corrected chi connectivity index (χ2v) is 6.36. The Balaban J connectivity index is 0.00000400. The van der Waals surface area contributed by atoms with Crippen molar-refractivity contribution in [2.45, 2.75) is 37.6 Å². The van der Waals surface area contributed by atoms with Crippen molar-refractivity contribution in [1.82, 2.24) is 4.72 Å². The summed E-state index contributed by atoms with van der Waals surface area (Å²) in [7, 11) is -3.53. The smallest absolute Gasteiger partial charge is 0.240 e. The van der Waals surface area contributed by atoms with Gasteiger partial charge in [-0.05, 0) is 37.6 Å². The molecule has 0 aliphatic carbocycles. The van der Waals surface area contributed by atoms with E-state index in [1.807, 2.05) is 6.92 Å². The van der Waals surface area contributed by atoms with Crippen molar-refractivity contribution in [3.63, 3.8) is 0 Å². The number of amides is 1. The average molecular weight is 336 g/mol. The van der Waals surface area contributed by atoms with Crippen LogP contribution in [-0.4, -0.2) is 26.9 Å². The van der Waals surface area contributed by atoms with Crippen molar-refractivity contribution in [2.24, 2.45) is 5.73 Å². The number of halogens is 1. The van der Waals surface area contributed by atoms with Gasteiger partial charge < -0.3 is 11.1 Å². The molecule has 0 saturated carbocycles. The standard InChI is InChI=1S/C13H21N3O3S.ClH/c1-3-13(17)16-11-4-6-12(7-5-11)20(18,19)15-9-8-10(2)14;/h4-7,10,15H,3,8-9,14H2,1-2H3,(H,16,17);1H. The molecule has 1 aromatic carbocycles. The summed E-state index contributed by atoms with van der Waals surface area (Å²) in [5, 5.41) is 2.66. The van der Waals surface area contributed by atoms with Crippen LogP contribution >= 0.6 is 12.4 Å². The molecule has 1 amide bonds. The van der Waals surface area contributed by atoms with Crippen LogP contribution in [0.2, 0.25) is 0 Å². The van der Waals surface area contributed by atoms with Gasteiger partial charge in [-0.25, -0.2) is 13.1 Å². The van der Waals surface area contributed by atoms with E-state index in [4.69, 9.17) is 5.73 Å². The highest BCUT2D eigenvalue weighted by Crippen LogP contribution is 2.14. The fraction of sp³-hybridized carbons (Fsp3) is 0.462. The zero-order chi connectivity index (χ0) is 15.2. The van der Waals surface area contributed by atoms with E-state index in [1.54, 1.807) is 19.1 Å². The summed E-state index contributed by atoms with van der Waals surface area (Å²) in [6.45, 7) is 3.87. The minimum atomic E-state index is -3.53. The molecule has 1 rings (SSSR count). The molecule has 4 N–H and O–H groups in total. The Morgan fingerprint density at radius 3 is 2.33 bits per heavy atom. The average Bonchev–Trinajstić information content (AvgIpc) is 2.38. The van der Waals surface area contributed by atoms with Crippen LogP contribution in [0.1, 0.15) is 26.7 Å². The van der Waals surface area contributed by atoms with Gasteiger partial charge in [-0.15, -0.1) is 12.4 Å². The fourth-order valence-corrected chi connectivity index (χ4v) is 2.52. The van der Waals surface area contributed by atoms with Gasteiger partial charge in [-0.1, -0.05) is 6.92 Å². The Kier molecular flexibility index (Phi) is 8.50. The van der Waals surface area contributed by atoms with Gasteiger partial charge in [0.05, 0.1) is 4.90 Å². The van der Waals surface area contributed by atoms with Gasteiger partial charge in [-0.3, -0.25) is 4.79 Å². The van der Waals surface area contributed by atoms with Crippen LogP contribution < -0.4 is 15.8 Å². The largest absolute Gasteiger partial charge is 0.328 e. The molecular weight excluding hydrogens is 314 g/mol. The zero-order valence-corrected chi connectivity index (χ0v) is 13.8. The third-order valence-electron chi connectivity index (χ3n) is 2.66. The highest BCUT2D eigenvalue weighted by atomic mass is 35.5. The van der Waals surface area contributed by atoms with Crippen molar-refractivity contribution in [3.05, 3.63) is 24.3 Å². The highest BCUT2D eigenvalue weighted by molar-refractivity contribution is 7.89. The molecule has 0 heterocycles. The van der Waals surface area contributed by atoms with E-state index < -0.39 is 10.0 Å². The van der Waals surface area contributed by atoms with E-state index in [-0.39, 0.29) is 29.3 Å². The molecule has 120 valence electrons. The van der Waals surface area contributed by atoms with Crippen molar-refractivity contribution in [1.29, 1.82) is 0 Å².